The van der Waals surface area contributed by atoms with Gasteiger partial charge in [0.15, 0.2) is 0 Å². The molecule has 0 radical (unpaired) electrons. The molecule has 1 aromatic carbocycles. The summed E-state index contributed by atoms with van der Waals surface area (Å²) in [5, 5.41) is 2.89. The summed E-state index contributed by atoms with van der Waals surface area (Å²) in [5.74, 6) is 0.105. The van der Waals surface area contributed by atoms with Crippen LogP contribution in [0.25, 0.3) is 0 Å². The topological polar surface area (TPSA) is 75.7 Å². The van der Waals surface area contributed by atoms with Gasteiger partial charge in [0, 0.05) is 37.7 Å². The number of hydrogen-bond acceptors (Lipinski definition) is 4. The van der Waals surface area contributed by atoms with Crippen molar-refractivity contribution in [3.8, 4) is 0 Å². The van der Waals surface area contributed by atoms with E-state index in [0.717, 1.165) is 38.7 Å². The summed E-state index contributed by atoms with van der Waals surface area (Å²) in [5.41, 5.74) is 0.386. The molecule has 0 aromatic heterocycles. The number of nitrogens with one attached hydrogen (secondary N) is 1. The summed E-state index contributed by atoms with van der Waals surface area (Å²) in [6.45, 7) is 3.08. The second kappa shape index (κ2) is 8.97. The van der Waals surface area contributed by atoms with Crippen molar-refractivity contribution in [1.29, 1.82) is 0 Å². The van der Waals surface area contributed by atoms with Gasteiger partial charge in [-0.15, -0.1) is 0 Å². The molecular formula is C19H28N2O4S. The average Bonchev–Trinajstić information content (AvgIpc) is 3.13. The van der Waals surface area contributed by atoms with Gasteiger partial charge in [-0.05, 0) is 37.5 Å². The van der Waals surface area contributed by atoms with Crippen molar-refractivity contribution in [3.63, 3.8) is 0 Å². The van der Waals surface area contributed by atoms with Gasteiger partial charge >= 0.3 is 0 Å². The molecule has 1 N–H and O–H groups in total. The van der Waals surface area contributed by atoms with Crippen LogP contribution < -0.4 is 5.32 Å². The second-order valence-electron chi connectivity index (χ2n) is 7.14. The Morgan fingerprint density at radius 1 is 1.15 bits per heavy atom. The Labute approximate surface area is 156 Å². The van der Waals surface area contributed by atoms with Crippen molar-refractivity contribution in [2.75, 3.05) is 32.8 Å². The molecule has 1 atom stereocenters. The zero-order chi connectivity index (χ0) is 18.4. The van der Waals surface area contributed by atoms with Gasteiger partial charge in [0.25, 0.3) is 5.91 Å². The number of carbonyl (C=O) groups is 1. The highest BCUT2D eigenvalue weighted by Crippen LogP contribution is 2.21. The Morgan fingerprint density at radius 2 is 1.88 bits per heavy atom. The molecule has 6 nitrogen and oxygen atoms in total. The predicted molar refractivity (Wildman–Crippen MR) is 99.5 cm³/mol. The van der Waals surface area contributed by atoms with Gasteiger partial charge in [-0.25, -0.2) is 8.42 Å². The second-order valence-corrected chi connectivity index (χ2v) is 9.08. The largest absolute Gasteiger partial charge is 0.381 e. The summed E-state index contributed by atoms with van der Waals surface area (Å²) >= 11 is 0. The average molecular weight is 381 g/mol. The highest BCUT2D eigenvalue weighted by atomic mass is 32.2. The normalized spacial score (nSPS) is 22.5. The van der Waals surface area contributed by atoms with Crippen LogP contribution in [0, 0.1) is 5.92 Å². The summed E-state index contributed by atoms with van der Waals surface area (Å²) in [6, 6.07) is 6.38. The molecule has 0 bridgehead atoms. The zero-order valence-electron chi connectivity index (χ0n) is 15.2. The first-order valence-electron chi connectivity index (χ1n) is 9.53. The monoisotopic (exact) mass is 380 g/mol. The lowest BCUT2D eigenvalue weighted by Crippen LogP contribution is -2.34. The fourth-order valence-corrected chi connectivity index (χ4v) is 5.05. The number of nitrogens with zero attached hydrogens (tertiary/aromatic N) is 1. The highest BCUT2D eigenvalue weighted by Gasteiger charge is 2.25. The van der Waals surface area contributed by atoms with Crippen molar-refractivity contribution in [2.45, 2.75) is 43.4 Å². The minimum Gasteiger partial charge on any atom is -0.381 e. The van der Waals surface area contributed by atoms with Gasteiger partial charge < -0.3 is 10.1 Å². The van der Waals surface area contributed by atoms with Crippen molar-refractivity contribution in [1.82, 2.24) is 9.62 Å². The Kier molecular flexibility index (Phi) is 6.67. The lowest BCUT2D eigenvalue weighted by molar-refractivity contribution is 0.0944. The number of ether oxygens (including phenoxy) is 1. The molecule has 26 heavy (non-hydrogen) atoms. The Balaban J connectivity index is 1.69. The molecule has 0 aliphatic carbocycles. The van der Waals surface area contributed by atoms with Crippen LogP contribution in [-0.4, -0.2) is 51.5 Å². The fraction of sp³-hybridized carbons (Fsp3) is 0.632. The van der Waals surface area contributed by atoms with E-state index in [1.807, 2.05) is 0 Å². The molecule has 2 heterocycles. The maximum atomic E-state index is 13.0. The molecule has 7 heteroatoms. The zero-order valence-corrected chi connectivity index (χ0v) is 16.0. The van der Waals surface area contributed by atoms with E-state index in [1.165, 1.54) is 12.5 Å². The lowest BCUT2D eigenvalue weighted by Gasteiger charge is -2.24. The van der Waals surface area contributed by atoms with Gasteiger partial charge in [-0.1, -0.05) is 25.3 Å². The molecule has 0 unspecified atom stereocenters. The van der Waals surface area contributed by atoms with Crippen LogP contribution in [0.3, 0.4) is 0 Å². The Morgan fingerprint density at radius 3 is 2.58 bits per heavy atom. The summed E-state index contributed by atoms with van der Waals surface area (Å²) < 4.78 is 32.8. The Bertz CT molecular complexity index is 706. The molecule has 2 saturated heterocycles. The van der Waals surface area contributed by atoms with E-state index in [9.17, 15) is 13.2 Å². The van der Waals surface area contributed by atoms with E-state index in [2.05, 4.69) is 5.32 Å². The van der Waals surface area contributed by atoms with E-state index >= 15 is 0 Å². The third-order valence-corrected chi connectivity index (χ3v) is 7.02. The lowest BCUT2D eigenvalue weighted by atomic mass is 10.1. The van der Waals surface area contributed by atoms with E-state index in [1.54, 1.807) is 22.5 Å². The van der Waals surface area contributed by atoms with Gasteiger partial charge in [0.2, 0.25) is 10.0 Å². The third kappa shape index (κ3) is 4.84. The van der Waals surface area contributed by atoms with E-state index in [0.29, 0.717) is 37.7 Å². The van der Waals surface area contributed by atoms with E-state index < -0.39 is 10.0 Å². The SMILES string of the molecule is O=C(NC[C@H]1CCOC1)c1cccc(S(=O)(=O)N2CCCCCCC2)c1. The summed E-state index contributed by atoms with van der Waals surface area (Å²) in [4.78, 5) is 12.6. The minimum absolute atomic E-state index is 0.204. The van der Waals surface area contributed by atoms with E-state index in [-0.39, 0.29) is 10.8 Å². The van der Waals surface area contributed by atoms with Crippen LogP contribution in [-0.2, 0) is 14.8 Å². The van der Waals surface area contributed by atoms with Crippen molar-refractivity contribution in [3.05, 3.63) is 29.8 Å². The van der Waals surface area contributed by atoms with E-state index in [4.69, 9.17) is 4.74 Å². The molecule has 3 rings (SSSR count). The molecular weight excluding hydrogens is 352 g/mol. The molecule has 1 amide bonds. The molecule has 2 fully saturated rings. The van der Waals surface area contributed by atoms with Crippen LogP contribution >= 0.6 is 0 Å². The number of amides is 1. The first-order valence-corrected chi connectivity index (χ1v) is 11.0. The quantitative estimate of drug-likeness (QED) is 0.851. The van der Waals surface area contributed by atoms with Crippen LogP contribution in [0.15, 0.2) is 29.2 Å². The number of benzene rings is 1. The van der Waals surface area contributed by atoms with Crippen molar-refractivity contribution in [2.24, 2.45) is 5.92 Å². The number of sulfonamides is 1. The highest BCUT2D eigenvalue weighted by molar-refractivity contribution is 7.89. The smallest absolute Gasteiger partial charge is 0.251 e. The first kappa shape index (κ1) is 19.3. The maximum absolute atomic E-state index is 13.0. The third-order valence-electron chi connectivity index (χ3n) is 5.12. The standard InChI is InChI=1S/C19H28N2O4S/c22-19(20-14-16-9-12-25-15-16)17-7-6-8-18(13-17)26(23,24)21-10-4-2-1-3-5-11-21/h6-8,13,16H,1-5,9-12,14-15H2,(H,20,22)/t16-/m1/s1. The van der Waals surface area contributed by atoms with Gasteiger partial charge in [-0.2, -0.15) is 4.31 Å². The molecule has 1 aromatic rings. The first-order chi connectivity index (χ1) is 12.6. The van der Waals surface area contributed by atoms with Crippen molar-refractivity contribution >= 4 is 15.9 Å². The number of hydrogen-bond donors (Lipinski definition) is 1. The van der Waals surface area contributed by atoms with Crippen LogP contribution in [0.2, 0.25) is 0 Å². The molecule has 2 aliphatic heterocycles. The van der Waals surface area contributed by atoms with Crippen LogP contribution in [0.4, 0.5) is 0 Å². The predicted octanol–water partition coefficient (Wildman–Crippen LogP) is 2.41. The van der Waals surface area contributed by atoms with Gasteiger partial charge in [0.05, 0.1) is 11.5 Å². The van der Waals surface area contributed by atoms with Gasteiger partial charge in [0.1, 0.15) is 0 Å². The summed E-state index contributed by atoms with van der Waals surface area (Å²) in [6.07, 6.45) is 6.05. The molecule has 2 aliphatic rings. The summed E-state index contributed by atoms with van der Waals surface area (Å²) in [7, 11) is -3.55. The number of rotatable bonds is 5. The Hall–Kier alpha value is -1.44. The minimum atomic E-state index is -3.55. The molecule has 144 valence electrons. The maximum Gasteiger partial charge on any atom is 0.251 e. The van der Waals surface area contributed by atoms with Crippen LogP contribution in [0.5, 0.6) is 0 Å². The molecule has 0 spiro atoms. The van der Waals surface area contributed by atoms with Gasteiger partial charge in [-0.3, -0.25) is 4.79 Å². The van der Waals surface area contributed by atoms with Crippen molar-refractivity contribution < 1.29 is 17.9 Å². The van der Waals surface area contributed by atoms with Crippen LogP contribution in [0.1, 0.15) is 48.9 Å². The molecule has 0 saturated carbocycles. The number of carbonyl (C=O) groups excluding carboxylic acids is 1. The fourth-order valence-electron chi connectivity index (χ4n) is 3.49.